The minimum Gasteiger partial charge on any atom is -0.497 e. The molecular formula is C20H34O2. The molecule has 0 amide bonds. The Balaban J connectivity index is 0.000000745. The van der Waals surface area contributed by atoms with Crippen LogP contribution in [-0.2, 0) is 10.2 Å². The maximum absolute atomic E-state index is 6.01. The highest BCUT2D eigenvalue weighted by Crippen LogP contribution is 2.45. The van der Waals surface area contributed by atoms with Crippen LogP contribution in [0.2, 0.25) is 0 Å². The van der Waals surface area contributed by atoms with Crippen molar-refractivity contribution in [2.45, 2.75) is 77.7 Å². The summed E-state index contributed by atoms with van der Waals surface area (Å²) < 4.78 is 11.3. The van der Waals surface area contributed by atoms with Crippen molar-refractivity contribution in [2.75, 3.05) is 13.7 Å². The zero-order valence-electron chi connectivity index (χ0n) is 15.4. The Morgan fingerprint density at radius 1 is 1.05 bits per heavy atom. The molecule has 22 heavy (non-hydrogen) atoms. The predicted molar refractivity (Wildman–Crippen MR) is 94.8 cm³/mol. The number of rotatable bonds is 4. The summed E-state index contributed by atoms with van der Waals surface area (Å²) in [4.78, 5) is 0. The standard InChI is InChI=1S/C17H26O2.C3H8/c1-5-16(3)13-17(6-2,11-12-19-16)14-7-9-15(18-4)10-8-14;1-3-2/h7-10H,5-6,11-13H2,1-4H3;3H2,1-2H3. The number of hydrogen-bond donors (Lipinski definition) is 0. The van der Waals surface area contributed by atoms with Crippen LogP contribution in [0.5, 0.6) is 5.75 Å². The Hall–Kier alpha value is -1.02. The molecule has 0 aliphatic carbocycles. The smallest absolute Gasteiger partial charge is 0.118 e. The van der Waals surface area contributed by atoms with E-state index < -0.39 is 0 Å². The topological polar surface area (TPSA) is 18.5 Å². The largest absolute Gasteiger partial charge is 0.497 e. The summed E-state index contributed by atoms with van der Waals surface area (Å²) in [6, 6.07) is 8.60. The number of methoxy groups -OCH3 is 1. The molecular weight excluding hydrogens is 272 g/mol. The maximum atomic E-state index is 6.01. The van der Waals surface area contributed by atoms with Crippen LogP contribution in [0.3, 0.4) is 0 Å². The lowest BCUT2D eigenvalue weighted by molar-refractivity contribution is -0.0973. The zero-order chi connectivity index (χ0) is 16.6. The highest BCUT2D eigenvalue weighted by Gasteiger charge is 2.42. The third-order valence-electron chi connectivity index (χ3n) is 4.87. The first-order valence-corrected chi connectivity index (χ1v) is 8.77. The molecule has 1 aromatic carbocycles. The highest BCUT2D eigenvalue weighted by atomic mass is 16.5. The van der Waals surface area contributed by atoms with Crippen molar-refractivity contribution in [3.8, 4) is 5.75 Å². The third-order valence-corrected chi connectivity index (χ3v) is 4.87. The van der Waals surface area contributed by atoms with Gasteiger partial charge in [-0.3, -0.25) is 0 Å². The second-order valence-electron chi connectivity index (χ2n) is 6.65. The van der Waals surface area contributed by atoms with Gasteiger partial charge in [0.15, 0.2) is 0 Å². The van der Waals surface area contributed by atoms with Gasteiger partial charge in [-0.25, -0.2) is 0 Å². The van der Waals surface area contributed by atoms with Crippen molar-refractivity contribution in [1.82, 2.24) is 0 Å². The molecule has 2 atom stereocenters. The van der Waals surface area contributed by atoms with Crippen LogP contribution in [0.15, 0.2) is 24.3 Å². The Bertz CT molecular complexity index is 426. The molecule has 0 bridgehead atoms. The number of benzene rings is 1. The summed E-state index contributed by atoms with van der Waals surface area (Å²) >= 11 is 0. The van der Waals surface area contributed by atoms with Gasteiger partial charge in [-0.15, -0.1) is 0 Å². The van der Waals surface area contributed by atoms with Crippen molar-refractivity contribution in [2.24, 2.45) is 0 Å². The van der Waals surface area contributed by atoms with Gasteiger partial charge in [-0.1, -0.05) is 46.2 Å². The molecule has 1 aliphatic rings. The molecule has 2 rings (SSSR count). The average molecular weight is 306 g/mol. The molecule has 0 N–H and O–H groups in total. The van der Waals surface area contributed by atoms with Crippen LogP contribution in [0.25, 0.3) is 0 Å². The molecule has 126 valence electrons. The fraction of sp³-hybridized carbons (Fsp3) is 0.700. The Morgan fingerprint density at radius 3 is 2.09 bits per heavy atom. The molecule has 2 unspecified atom stereocenters. The molecule has 0 radical (unpaired) electrons. The van der Waals surface area contributed by atoms with Gasteiger partial charge in [0.1, 0.15) is 5.75 Å². The SMILES string of the molecule is CCC.CCC1(C)CC(CC)(c2ccc(OC)cc2)CCO1. The maximum Gasteiger partial charge on any atom is 0.118 e. The van der Waals surface area contributed by atoms with Crippen LogP contribution in [0.4, 0.5) is 0 Å². The van der Waals surface area contributed by atoms with Crippen LogP contribution in [0.1, 0.15) is 72.3 Å². The highest BCUT2D eigenvalue weighted by molar-refractivity contribution is 5.33. The molecule has 1 saturated heterocycles. The summed E-state index contributed by atoms with van der Waals surface area (Å²) in [6.07, 6.45) is 5.72. The van der Waals surface area contributed by atoms with Gasteiger partial charge >= 0.3 is 0 Å². The predicted octanol–water partition coefficient (Wildman–Crippen LogP) is 5.74. The summed E-state index contributed by atoms with van der Waals surface area (Å²) in [5.41, 5.74) is 1.71. The second kappa shape index (κ2) is 8.57. The molecule has 2 nitrogen and oxygen atoms in total. The van der Waals surface area contributed by atoms with Gasteiger partial charge in [0.25, 0.3) is 0 Å². The lowest BCUT2D eigenvalue weighted by atomic mass is 9.67. The fourth-order valence-corrected chi connectivity index (χ4v) is 3.27. The van der Waals surface area contributed by atoms with Gasteiger partial charge in [-0.05, 0) is 55.7 Å². The van der Waals surface area contributed by atoms with Gasteiger partial charge in [0.2, 0.25) is 0 Å². The lowest BCUT2D eigenvalue weighted by Gasteiger charge is -2.46. The zero-order valence-corrected chi connectivity index (χ0v) is 15.4. The summed E-state index contributed by atoms with van der Waals surface area (Å²) in [7, 11) is 1.72. The Labute approximate surface area is 137 Å². The normalized spacial score (nSPS) is 27.7. The first kappa shape index (κ1) is 19.0. The van der Waals surface area contributed by atoms with E-state index in [1.165, 1.54) is 12.0 Å². The first-order valence-electron chi connectivity index (χ1n) is 8.77. The van der Waals surface area contributed by atoms with E-state index in [9.17, 15) is 0 Å². The van der Waals surface area contributed by atoms with Crippen molar-refractivity contribution >= 4 is 0 Å². The second-order valence-corrected chi connectivity index (χ2v) is 6.65. The third kappa shape index (κ3) is 4.49. The summed E-state index contributed by atoms with van der Waals surface area (Å²) in [5.74, 6) is 0.931. The van der Waals surface area contributed by atoms with Gasteiger partial charge in [0, 0.05) is 6.61 Å². The Morgan fingerprint density at radius 2 is 1.64 bits per heavy atom. The van der Waals surface area contributed by atoms with E-state index in [1.54, 1.807) is 7.11 Å². The summed E-state index contributed by atoms with van der Waals surface area (Å²) in [5, 5.41) is 0. The minimum atomic E-state index is 0.0220. The van der Waals surface area contributed by atoms with Gasteiger partial charge in [0.05, 0.1) is 12.7 Å². The van der Waals surface area contributed by atoms with Crippen LogP contribution < -0.4 is 4.74 Å². The molecule has 0 aromatic heterocycles. The van der Waals surface area contributed by atoms with Crippen LogP contribution >= 0.6 is 0 Å². The molecule has 1 aromatic rings. The number of hydrogen-bond acceptors (Lipinski definition) is 2. The van der Waals surface area contributed by atoms with Gasteiger partial charge in [-0.2, -0.15) is 0 Å². The van der Waals surface area contributed by atoms with Crippen molar-refractivity contribution in [3.05, 3.63) is 29.8 Å². The van der Waals surface area contributed by atoms with E-state index in [0.29, 0.717) is 0 Å². The molecule has 0 saturated carbocycles. The van der Waals surface area contributed by atoms with Crippen molar-refractivity contribution in [1.29, 1.82) is 0 Å². The average Bonchev–Trinajstić information content (AvgIpc) is 2.55. The molecule has 0 spiro atoms. The first-order chi connectivity index (χ1) is 10.5. The van der Waals surface area contributed by atoms with E-state index in [2.05, 4.69) is 58.9 Å². The van der Waals surface area contributed by atoms with E-state index in [0.717, 1.165) is 38.0 Å². The monoisotopic (exact) mass is 306 g/mol. The van der Waals surface area contributed by atoms with Crippen LogP contribution in [-0.4, -0.2) is 19.3 Å². The molecule has 2 heteroatoms. The Kier molecular flexibility index (Phi) is 7.41. The van der Waals surface area contributed by atoms with E-state index in [-0.39, 0.29) is 11.0 Å². The molecule has 1 heterocycles. The van der Waals surface area contributed by atoms with Gasteiger partial charge < -0.3 is 9.47 Å². The van der Waals surface area contributed by atoms with Crippen LogP contribution in [0, 0.1) is 0 Å². The van der Waals surface area contributed by atoms with E-state index >= 15 is 0 Å². The van der Waals surface area contributed by atoms with E-state index in [1.807, 2.05) is 0 Å². The van der Waals surface area contributed by atoms with Crippen molar-refractivity contribution < 1.29 is 9.47 Å². The summed E-state index contributed by atoms with van der Waals surface area (Å²) in [6.45, 7) is 11.9. The fourth-order valence-electron chi connectivity index (χ4n) is 3.27. The molecule has 1 fully saturated rings. The lowest BCUT2D eigenvalue weighted by Crippen LogP contribution is -2.45. The number of ether oxygens (including phenoxy) is 2. The van der Waals surface area contributed by atoms with E-state index in [4.69, 9.17) is 9.47 Å². The van der Waals surface area contributed by atoms with Crippen molar-refractivity contribution in [3.63, 3.8) is 0 Å². The molecule has 1 aliphatic heterocycles. The quantitative estimate of drug-likeness (QED) is 0.706. The minimum absolute atomic E-state index is 0.0220.